The molecule has 0 aliphatic heterocycles. The molecule has 0 rings (SSSR count). The molecule has 0 aromatic heterocycles. The molecule has 0 unspecified atom stereocenters. The lowest BCUT2D eigenvalue weighted by Crippen LogP contribution is -1.97. The molecule has 0 aromatic carbocycles. The van der Waals surface area contributed by atoms with Crippen molar-refractivity contribution in [2.75, 3.05) is 0 Å². The first-order valence-corrected chi connectivity index (χ1v) is 4.26. The number of allylic oxidation sites excluding steroid dienone is 1. The van der Waals surface area contributed by atoms with Crippen molar-refractivity contribution in [1.29, 1.82) is 0 Å². The SMILES string of the molecule is C=C[C@@H](O)C/C=C/CCCC. The summed E-state index contributed by atoms with van der Waals surface area (Å²) in [5, 5.41) is 9.05. The normalized spacial score (nSPS) is 13.6. The molecule has 0 aliphatic rings. The average molecular weight is 154 g/mol. The zero-order valence-electron chi connectivity index (χ0n) is 7.29. The van der Waals surface area contributed by atoms with E-state index in [1.807, 2.05) is 6.08 Å². The number of hydrogen-bond donors (Lipinski definition) is 1. The molecule has 1 N–H and O–H groups in total. The molecule has 0 aromatic rings. The monoisotopic (exact) mass is 154 g/mol. The fourth-order valence-corrected chi connectivity index (χ4v) is 0.772. The highest BCUT2D eigenvalue weighted by atomic mass is 16.3. The van der Waals surface area contributed by atoms with Gasteiger partial charge < -0.3 is 5.11 Å². The summed E-state index contributed by atoms with van der Waals surface area (Å²) in [4.78, 5) is 0. The van der Waals surface area contributed by atoms with E-state index >= 15 is 0 Å². The Kier molecular flexibility index (Phi) is 7.16. The van der Waals surface area contributed by atoms with Crippen molar-refractivity contribution in [2.45, 2.75) is 38.7 Å². The van der Waals surface area contributed by atoms with Crippen LogP contribution >= 0.6 is 0 Å². The van der Waals surface area contributed by atoms with Crippen LogP contribution in [0.5, 0.6) is 0 Å². The third-order valence-electron chi connectivity index (χ3n) is 1.54. The van der Waals surface area contributed by atoms with E-state index in [1.54, 1.807) is 6.08 Å². The third-order valence-corrected chi connectivity index (χ3v) is 1.54. The molecule has 64 valence electrons. The van der Waals surface area contributed by atoms with Crippen LogP contribution in [0.3, 0.4) is 0 Å². The van der Waals surface area contributed by atoms with Crippen LogP contribution in [0.15, 0.2) is 24.8 Å². The zero-order valence-corrected chi connectivity index (χ0v) is 7.29. The van der Waals surface area contributed by atoms with Crippen molar-refractivity contribution in [1.82, 2.24) is 0 Å². The summed E-state index contributed by atoms with van der Waals surface area (Å²) < 4.78 is 0. The highest BCUT2D eigenvalue weighted by Crippen LogP contribution is 1.98. The molecule has 11 heavy (non-hydrogen) atoms. The Bertz CT molecular complexity index is 116. The molecule has 0 bridgehead atoms. The molecule has 1 atom stereocenters. The minimum atomic E-state index is -0.368. The molecule has 0 radical (unpaired) electrons. The van der Waals surface area contributed by atoms with E-state index in [4.69, 9.17) is 5.11 Å². The first kappa shape index (κ1) is 10.4. The zero-order chi connectivity index (χ0) is 8.53. The van der Waals surface area contributed by atoms with Crippen LogP contribution in [0, 0.1) is 0 Å². The molecule has 0 saturated heterocycles. The maximum Gasteiger partial charge on any atom is 0.0752 e. The van der Waals surface area contributed by atoms with E-state index in [2.05, 4.69) is 19.6 Å². The van der Waals surface area contributed by atoms with Crippen LogP contribution in [-0.2, 0) is 0 Å². The first-order valence-electron chi connectivity index (χ1n) is 4.26. The summed E-state index contributed by atoms with van der Waals surface area (Å²) in [6.07, 6.45) is 9.62. The van der Waals surface area contributed by atoms with Crippen molar-refractivity contribution in [3.63, 3.8) is 0 Å². The quantitative estimate of drug-likeness (QED) is 0.460. The Morgan fingerprint density at radius 1 is 1.45 bits per heavy atom. The number of rotatable bonds is 6. The molecule has 0 heterocycles. The Balaban J connectivity index is 3.21. The van der Waals surface area contributed by atoms with Crippen LogP contribution in [0.1, 0.15) is 32.6 Å². The second-order valence-corrected chi connectivity index (χ2v) is 2.65. The summed E-state index contributed by atoms with van der Waals surface area (Å²) in [5.41, 5.74) is 0. The lowest BCUT2D eigenvalue weighted by Gasteiger charge is -1.97. The van der Waals surface area contributed by atoms with Gasteiger partial charge in [-0.05, 0) is 12.8 Å². The predicted molar refractivity (Wildman–Crippen MR) is 49.5 cm³/mol. The number of unbranched alkanes of at least 4 members (excludes halogenated alkanes) is 2. The van der Waals surface area contributed by atoms with Gasteiger partial charge in [0.2, 0.25) is 0 Å². The van der Waals surface area contributed by atoms with Crippen molar-refractivity contribution >= 4 is 0 Å². The van der Waals surface area contributed by atoms with Gasteiger partial charge in [-0.2, -0.15) is 0 Å². The fourth-order valence-electron chi connectivity index (χ4n) is 0.772. The van der Waals surface area contributed by atoms with Gasteiger partial charge >= 0.3 is 0 Å². The molecule has 0 aliphatic carbocycles. The summed E-state index contributed by atoms with van der Waals surface area (Å²) in [7, 11) is 0. The summed E-state index contributed by atoms with van der Waals surface area (Å²) in [5.74, 6) is 0. The predicted octanol–water partition coefficient (Wildman–Crippen LogP) is 2.67. The van der Waals surface area contributed by atoms with Crippen LogP contribution in [0.25, 0.3) is 0 Å². The fraction of sp³-hybridized carbons (Fsp3) is 0.600. The lowest BCUT2D eigenvalue weighted by atomic mass is 10.2. The lowest BCUT2D eigenvalue weighted by molar-refractivity contribution is 0.227. The average Bonchev–Trinajstić information content (AvgIpc) is 2.04. The van der Waals surface area contributed by atoms with Crippen molar-refractivity contribution in [3.8, 4) is 0 Å². The van der Waals surface area contributed by atoms with Gasteiger partial charge in [0.25, 0.3) is 0 Å². The van der Waals surface area contributed by atoms with Gasteiger partial charge in [-0.25, -0.2) is 0 Å². The smallest absolute Gasteiger partial charge is 0.0752 e. The molecule has 0 fully saturated rings. The molecule has 1 heteroatoms. The van der Waals surface area contributed by atoms with E-state index in [1.165, 1.54) is 12.8 Å². The van der Waals surface area contributed by atoms with Gasteiger partial charge in [-0.1, -0.05) is 38.0 Å². The van der Waals surface area contributed by atoms with E-state index in [0.717, 1.165) is 6.42 Å². The molecule has 0 spiro atoms. The molecular formula is C10H18O. The van der Waals surface area contributed by atoms with Gasteiger partial charge in [0.15, 0.2) is 0 Å². The molecule has 0 saturated carbocycles. The minimum absolute atomic E-state index is 0.368. The highest BCUT2D eigenvalue weighted by Gasteiger charge is 1.90. The molecule has 1 nitrogen and oxygen atoms in total. The Labute approximate surface area is 69.4 Å². The summed E-state index contributed by atoms with van der Waals surface area (Å²) in [6.45, 7) is 5.66. The Morgan fingerprint density at radius 2 is 2.18 bits per heavy atom. The third kappa shape index (κ3) is 7.34. The van der Waals surface area contributed by atoms with Gasteiger partial charge in [0.05, 0.1) is 6.10 Å². The van der Waals surface area contributed by atoms with Crippen molar-refractivity contribution in [2.24, 2.45) is 0 Å². The number of hydrogen-bond acceptors (Lipinski definition) is 1. The Morgan fingerprint density at radius 3 is 2.73 bits per heavy atom. The summed E-state index contributed by atoms with van der Waals surface area (Å²) >= 11 is 0. The van der Waals surface area contributed by atoms with E-state index < -0.39 is 0 Å². The van der Waals surface area contributed by atoms with Gasteiger partial charge in [-0.15, -0.1) is 6.58 Å². The topological polar surface area (TPSA) is 20.2 Å². The van der Waals surface area contributed by atoms with Crippen LogP contribution < -0.4 is 0 Å². The van der Waals surface area contributed by atoms with Crippen LogP contribution in [0.2, 0.25) is 0 Å². The van der Waals surface area contributed by atoms with Crippen LogP contribution in [0.4, 0.5) is 0 Å². The van der Waals surface area contributed by atoms with Gasteiger partial charge in [0, 0.05) is 0 Å². The summed E-state index contributed by atoms with van der Waals surface area (Å²) in [6, 6.07) is 0. The van der Waals surface area contributed by atoms with Crippen LogP contribution in [-0.4, -0.2) is 11.2 Å². The van der Waals surface area contributed by atoms with E-state index in [0.29, 0.717) is 6.42 Å². The number of aliphatic hydroxyl groups excluding tert-OH is 1. The largest absolute Gasteiger partial charge is 0.389 e. The molecular weight excluding hydrogens is 136 g/mol. The minimum Gasteiger partial charge on any atom is -0.389 e. The second-order valence-electron chi connectivity index (χ2n) is 2.65. The van der Waals surface area contributed by atoms with Gasteiger partial charge in [-0.3, -0.25) is 0 Å². The maximum atomic E-state index is 9.05. The second kappa shape index (κ2) is 7.55. The van der Waals surface area contributed by atoms with Crippen molar-refractivity contribution < 1.29 is 5.11 Å². The number of aliphatic hydroxyl groups is 1. The van der Waals surface area contributed by atoms with Gasteiger partial charge in [0.1, 0.15) is 0 Å². The highest BCUT2D eigenvalue weighted by molar-refractivity contribution is 4.89. The standard InChI is InChI=1S/C10H18O/c1-3-5-6-7-8-9-10(11)4-2/h4,7-8,10-11H,2-3,5-6,9H2,1H3/b8-7+/t10-/m1/s1. The van der Waals surface area contributed by atoms with E-state index in [-0.39, 0.29) is 6.10 Å². The van der Waals surface area contributed by atoms with Crippen molar-refractivity contribution in [3.05, 3.63) is 24.8 Å². The first-order chi connectivity index (χ1) is 5.31. The Hall–Kier alpha value is -0.560. The maximum absolute atomic E-state index is 9.05. The molecule has 0 amide bonds. The van der Waals surface area contributed by atoms with E-state index in [9.17, 15) is 0 Å².